The van der Waals surface area contributed by atoms with Crippen molar-refractivity contribution in [3.63, 3.8) is 0 Å². The van der Waals surface area contributed by atoms with E-state index in [-0.39, 0.29) is 17.8 Å². The molecular weight excluding hydrogens is 434 g/mol. The minimum absolute atomic E-state index is 0.0315. The monoisotopic (exact) mass is 467 g/mol. The van der Waals surface area contributed by atoms with Gasteiger partial charge in [-0.25, -0.2) is 4.98 Å². The van der Waals surface area contributed by atoms with Gasteiger partial charge in [-0.1, -0.05) is 18.3 Å². The predicted octanol–water partition coefficient (Wildman–Crippen LogP) is 5.48. The van der Waals surface area contributed by atoms with Crippen LogP contribution in [-0.4, -0.2) is 36.0 Å². The summed E-state index contributed by atoms with van der Waals surface area (Å²) in [5, 5.41) is 0.587. The van der Waals surface area contributed by atoms with Crippen LogP contribution in [0, 0.1) is 20.8 Å². The van der Waals surface area contributed by atoms with Crippen LogP contribution < -0.4 is 15.2 Å². The Kier molecular flexibility index (Phi) is 7.74. The fourth-order valence-electron chi connectivity index (χ4n) is 4.06. The number of hydrogen-bond acceptors (Lipinski definition) is 6. The lowest BCUT2D eigenvalue weighted by Gasteiger charge is -2.29. The molecule has 0 amide bonds. The molecule has 0 bridgehead atoms. The van der Waals surface area contributed by atoms with Crippen molar-refractivity contribution in [2.75, 3.05) is 19.1 Å². The summed E-state index contributed by atoms with van der Waals surface area (Å²) in [6, 6.07) is 6.35. The Morgan fingerprint density at radius 3 is 2.58 bits per heavy atom. The molecule has 1 N–H and O–H groups in total. The molecule has 0 aliphatic rings. The Morgan fingerprint density at radius 1 is 1.24 bits per heavy atom. The average Bonchev–Trinajstić information content (AvgIpc) is 3.26. The van der Waals surface area contributed by atoms with Gasteiger partial charge in [0.15, 0.2) is 5.78 Å². The number of Topliss-reactive ketones (excluding diaryl/α,β-unsaturated/α-hetero) is 1. The number of carbonyl (C=O) groups excluding carboxylic acids is 1. The maximum atomic E-state index is 13.4. The summed E-state index contributed by atoms with van der Waals surface area (Å²) in [5.74, 6) is 0.0315. The summed E-state index contributed by atoms with van der Waals surface area (Å²) >= 11 is 1.45. The van der Waals surface area contributed by atoms with Gasteiger partial charge in [0.05, 0.1) is 12.0 Å². The predicted molar refractivity (Wildman–Crippen MR) is 136 cm³/mol. The van der Waals surface area contributed by atoms with E-state index >= 15 is 0 Å². The van der Waals surface area contributed by atoms with E-state index in [1.54, 1.807) is 13.3 Å². The first-order valence-corrected chi connectivity index (χ1v) is 12.1. The number of pyridine rings is 1. The molecule has 1 atom stereocenters. The van der Waals surface area contributed by atoms with Crippen LogP contribution in [0.5, 0.6) is 5.19 Å². The highest BCUT2D eigenvalue weighted by Crippen LogP contribution is 2.36. The molecule has 0 aliphatic carbocycles. The Morgan fingerprint density at radius 2 is 1.97 bits per heavy atom. The molecule has 0 saturated heterocycles. The Hall–Kier alpha value is -2.93. The van der Waals surface area contributed by atoms with Crippen molar-refractivity contribution < 1.29 is 9.53 Å². The van der Waals surface area contributed by atoms with Gasteiger partial charge in [0.2, 0.25) is 0 Å². The number of thiazole rings is 1. The molecule has 3 rings (SSSR count). The number of aryl methyl sites for hydroxylation is 2. The van der Waals surface area contributed by atoms with Crippen molar-refractivity contribution in [1.29, 1.82) is 0 Å². The fourth-order valence-corrected chi connectivity index (χ4v) is 4.78. The van der Waals surface area contributed by atoms with Crippen LogP contribution in [-0.2, 0) is 6.42 Å². The first-order chi connectivity index (χ1) is 15.7. The van der Waals surface area contributed by atoms with Gasteiger partial charge in [-0.2, -0.15) is 0 Å². The summed E-state index contributed by atoms with van der Waals surface area (Å²) in [5.41, 5.74) is 5.92. The number of ketones is 1. The first-order valence-electron chi connectivity index (χ1n) is 11.3. The summed E-state index contributed by atoms with van der Waals surface area (Å²) in [7, 11) is 3.67. The molecule has 2 aromatic heterocycles. The van der Waals surface area contributed by atoms with Gasteiger partial charge < -0.3 is 14.6 Å². The van der Waals surface area contributed by atoms with Crippen molar-refractivity contribution in [2.45, 2.75) is 59.9 Å². The molecule has 2 heterocycles. The number of benzene rings is 1. The molecule has 0 radical (unpaired) electrons. The molecule has 1 aromatic carbocycles. The Balaban J connectivity index is 2.01. The van der Waals surface area contributed by atoms with Gasteiger partial charge in [0, 0.05) is 48.2 Å². The molecule has 176 valence electrons. The highest BCUT2D eigenvalue weighted by Gasteiger charge is 2.20. The van der Waals surface area contributed by atoms with E-state index in [4.69, 9.17) is 4.74 Å². The number of nitrogens with zero attached hydrogens (tertiary/aromatic N) is 2. The van der Waals surface area contributed by atoms with Gasteiger partial charge >= 0.3 is 0 Å². The highest BCUT2D eigenvalue weighted by molar-refractivity contribution is 7.16. The zero-order valence-corrected chi connectivity index (χ0v) is 21.4. The summed E-state index contributed by atoms with van der Waals surface area (Å²) in [4.78, 5) is 36.1. The Labute approximate surface area is 199 Å². The van der Waals surface area contributed by atoms with Crippen LogP contribution in [0.2, 0.25) is 0 Å². The SMILES string of the molecule is CCC(C)N(C)c1cc(-c2cnc(OC)s2)cc(C(=O)CCc2c(C)cc(C)[nH]c2=O)c1C. The second-order valence-electron chi connectivity index (χ2n) is 8.60. The Bertz CT molecular complexity index is 1210. The van der Waals surface area contributed by atoms with Crippen LogP contribution in [0.4, 0.5) is 5.69 Å². The quantitative estimate of drug-likeness (QED) is 0.422. The number of aromatic nitrogens is 2. The number of carbonyl (C=O) groups is 1. The number of nitrogens with one attached hydrogen (secondary N) is 1. The average molecular weight is 468 g/mol. The maximum absolute atomic E-state index is 13.4. The van der Waals surface area contributed by atoms with E-state index in [9.17, 15) is 9.59 Å². The van der Waals surface area contributed by atoms with Gasteiger partial charge in [0.1, 0.15) is 0 Å². The topological polar surface area (TPSA) is 75.3 Å². The normalized spacial score (nSPS) is 12.0. The van der Waals surface area contributed by atoms with Crippen LogP contribution in [0.15, 0.2) is 29.2 Å². The zero-order valence-electron chi connectivity index (χ0n) is 20.5. The standard InChI is InChI=1S/C26H33N3O3S/c1-8-17(4)29(6)22-13-19(24-14-27-26(32-7)33-24)12-21(18(22)5)23(30)10-9-20-15(2)11-16(3)28-25(20)31/h11-14,17H,8-10H2,1-7H3,(H,28,31). The lowest BCUT2D eigenvalue weighted by Crippen LogP contribution is -2.29. The molecule has 33 heavy (non-hydrogen) atoms. The number of aromatic amines is 1. The number of ether oxygens (including phenoxy) is 1. The summed E-state index contributed by atoms with van der Waals surface area (Å²) in [6.45, 7) is 10.1. The summed E-state index contributed by atoms with van der Waals surface area (Å²) in [6.07, 6.45) is 3.46. The van der Waals surface area contributed by atoms with Gasteiger partial charge in [0.25, 0.3) is 10.8 Å². The van der Waals surface area contributed by atoms with Gasteiger partial charge in [-0.3, -0.25) is 9.59 Å². The maximum Gasteiger partial charge on any atom is 0.273 e. The molecule has 0 spiro atoms. The minimum atomic E-state index is -0.111. The van der Waals surface area contributed by atoms with Crippen LogP contribution in [0.25, 0.3) is 10.4 Å². The van der Waals surface area contributed by atoms with Gasteiger partial charge in [-0.15, -0.1) is 0 Å². The lowest BCUT2D eigenvalue weighted by atomic mass is 9.94. The van der Waals surface area contributed by atoms with E-state index in [0.717, 1.165) is 39.4 Å². The molecule has 6 nitrogen and oxygen atoms in total. The molecular formula is C26H33N3O3S. The highest BCUT2D eigenvalue weighted by atomic mass is 32.1. The molecule has 1 unspecified atom stereocenters. The summed E-state index contributed by atoms with van der Waals surface area (Å²) < 4.78 is 5.27. The zero-order chi connectivity index (χ0) is 24.3. The van der Waals surface area contributed by atoms with E-state index in [0.29, 0.717) is 28.8 Å². The van der Waals surface area contributed by atoms with E-state index in [2.05, 4.69) is 41.8 Å². The van der Waals surface area contributed by atoms with Gasteiger partial charge in [-0.05, 0) is 75.4 Å². The molecule has 3 aromatic rings. The first kappa shape index (κ1) is 24.7. The third-order valence-corrected chi connectivity index (χ3v) is 7.36. The molecule has 0 saturated carbocycles. The largest absolute Gasteiger partial charge is 0.473 e. The van der Waals surface area contributed by atoms with E-state index < -0.39 is 0 Å². The minimum Gasteiger partial charge on any atom is -0.473 e. The second kappa shape index (κ2) is 10.3. The second-order valence-corrected chi connectivity index (χ2v) is 9.59. The lowest BCUT2D eigenvalue weighted by molar-refractivity contribution is 0.0982. The number of anilines is 1. The van der Waals surface area contributed by atoms with Crippen LogP contribution in [0.1, 0.15) is 59.4 Å². The van der Waals surface area contributed by atoms with E-state index in [1.807, 2.05) is 32.9 Å². The van der Waals surface area contributed by atoms with Crippen molar-refractivity contribution in [3.05, 3.63) is 62.7 Å². The van der Waals surface area contributed by atoms with E-state index in [1.165, 1.54) is 11.3 Å². The number of hydrogen-bond donors (Lipinski definition) is 1. The van der Waals surface area contributed by atoms with Crippen molar-refractivity contribution in [1.82, 2.24) is 9.97 Å². The molecule has 7 heteroatoms. The fraction of sp³-hybridized carbons (Fsp3) is 0.423. The van der Waals surface area contributed by atoms with Crippen molar-refractivity contribution >= 4 is 22.8 Å². The number of H-pyrrole nitrogens is 1. The van der Waals surface area contributed by atoms with Crippen molar-refractivity contribution in [3.8, 4) is 15.6 Å². The molecule has 0 aliphatic heterocycles. The third-order valence-electron chi connectivity index (χ3n) is 6.35. The smallest absolute Gasteiger partial charge is 0.273 e. The number of rotatable bonds is 9. The van der Waals surface area contributed by atoms with Crippen LogP contribution >= 0.6 is 11.3 Å². The van der Waals surface area contributed by atoms with Crippen LogP contribution in [0.3, 0.4) is 0 Å². The molecule has 0 fully saturated rings. The number of methoxy groups -OCH3 is 1. The third kappa shape index (κ3) is 5.36. The van der Waals surface area contributed by atoms with Crippen molar-refractivity contribution in [2.24, 2.45) is 0 Å².